The van der Waals surface area contributed by atoms with E-state index in [1.54, 1.807) is 13.0 Å². The smallest absolute Gasteiger partial charge is 0.243 e. The molecule has 1 aromatic rings. The highest BCUT2D eigenvalue weighted by Gasteiger charge is 2.25. The maximum atomic E-state index is 12.3. The summed E-state index contributed by atoms with van der Waals surface area (Å²) in [5.74, 6) is 0.477. The predicted octanol–water partition coefficient (Wildman–Crippen LogP) is 1.43. The van der Waals surface area contributed by atoms with Crippen LogP contribution in [0.2, 0.25) is 0 Å². The number of benzene rings is 1. The highest BCUT2D eigenvalue weighted by atomic mass is 79.9. The number of methoxy groups -OCH3 is 1. The van der Waals surface area contributed by atoms with E-state index in [1.807, 2.05) is 0 Å². The van der Waals surface area contributed by atoms with Crippen molar-refractivity contribution in [3.05, 3.63) is 22.7 Å². The topological polar surface area (TPSA) is 72.6 Å². The van der Waals surface area contributed by atoms with Gasteiger partial charge in [-0.1, -0.05) is 0 Å². The Morgan fingerprint density at radius 3 is 2.61 bits per heavy atom. The van der Waals surface area contributed by atoms with Gasteiger partial charge in [0.25, 0.3) is 0 Å². The molecule has 0 spiro atoms. The van der Waals surface area contributed by atoms with Crippen LogP contribution in [-0.2, 0) is 10.0 Å². The van der Waals surface area contributed by atoms with Crippen molar-refractivity contribution < 1.29 is 13.2 Å². The van der Waals surface area contributed by atoms with Crippen LogP contribution in [0.4, 0.5) is 0 Å². The lowest BCUT2D eigenvalue weighted by molar-refractivity contribution is 0.392. The summed E-state index contributed by atoms with van der Waals surface area (Å²) in [6.45, 7) is 2.02. The van der Waals surface area contributed by atoms with E-state index in [9.17, 15) is 8.42 Å². The standard InChI is InChI=1S/C11H17BrN2O3S/c1-8(7-13)14(2)18(15,16)9-4-5-10(12)11(6-9)17-3/h4-6,8H,7,13H2,1-3H3. The van der Waals surface area contributed by atoms with E-state index < -0.39 is 10.0 Å². The Morgan fingerprint density at radius 1 is 1.50 bits per heavy atom. The number of ether oxygens (including phenoxy) is 1. The molecule has 1 atom stereocenters. The molecule has 0 amide bonds. The lowest BCUT2D eigenvalue weighted by Gasteiger charge is -2.23. The second kappa shape index (κ2) is 6.01. The molecule has 7 heteroatoms. The molecule has 2 N–H and O–H groups in total. The molecule has 0 radical (unpaired) electrons. The van der Waals surface area contributed by atoms with Gasteiger partial charge in [-0.15, -0.1) is 0 Å². The van der Waals surface area contributed by atoms with Gasteiger partial charge in [0.05, 0.1) is 16.5 Å². The van der Waals surface area contributed by atoms with Crippen molar-refractivity contribution in [2.45, 2.75) is 17.9 Å². The summed E-state index contributed by atoms with van der Waals surface area (Å²) in [6.07, 6.45) is 0. The Kier molecular flexibility index (Phi) is 5.15. The summed E-state index contributed by atoms with van der Waals surface area (Å²) in [5, 5.41) is 0. The number of nitrogens with two attached hydrogens (primary N) is 1. The van der Waals surface area contributed by atoms with Crippen molar-refractivity contribution in [2.24, 2.45) is 5.73 Å². The number of halogens is 1. The fourth-order valence-electron chi connectivity index (χ4n) is 1.35. The van der Waals surface area contributed by atoms with Crippen LogP contribution < -0.4 is 10.5 Å². The first kappa shape index (κ1) is 15.4. The van der Waals surface area contributed by atoms with Crippen LogP contribution in [0.15, 0.2) is 27.6 Å². The Hall–Kier alpha value is -0.630. The molecule has 1 aromatic carbocycles. The van der Waals surface area contributed by atoms with Crippen LogP contribution in [0.5, 0.6) is 5.75 Å². The molecule has 5 nitrogen and oxygen atoms in total. The van der Waals surface area contributed by atoms with Gasteiger partial charge >= 0.3 is 0 Å². The zero-order valence-corrected chi connectivity index (χ0v) is 13.0. The first-order valence-electron chi connectivity index (χ1n) is 5.36. The highest BCUT2D eigenvalue weighted by Crippen LogP contribution is 2.28. The van der Waals surface area contributed by atoms with Gasteiger partial charge in [-0.2, -0.15) is 4.31 Å². The molecule has 0 aliphatic carbocycles. The quantitative estimate of drug-likeness (QED) is 0.882. The van der Waals surface area contributed by atoms with Gasteiger partial charge in [-0.05, 0) is 35.0 Å². The fraction of sp³-hybridized carbons (Fsp3) is 0.455. The second-order valence-corrected chi connectivity index (χ2v) is 6.75. The highest BCUT2D eigenvalue weighted by molar-refractivity contribution is 9.10. The summed E-state index contributed by atoms with van der Waals surface area (Å²) < 4.78 is 31.7. The lowest BCUT2D eigenvalue weighted by Crippen LogP contribution is -2.39. The largest absolute Gasteiger partial charge is 0.496 e. The van der Waals surface area contributed by atoms with Crippen molar-refractivity contribution in [3.8, 4) is 5.75 Å². The van der Waals surface area contributed by atoms with E-state index in [2.05, 4.69) is 15.9 Å². The van der Waals surface area contributed by atoms with Crippen molar-refractivity contribution in [1.82, 2.24) is 4.31 Å². The third kappa shape index (κ3) is 3.03. The first-order valence-corrected chi connectivity index (χ1v) is 7.59. The van der Waals surface area contributed by atoms with E-state index >= 15 is 0 Å². The van der Waals surface area contributed by atoms with Crippen molar-refractivity contribution in [2.75, 3.05) is 20.7 Å². The van der Waals surface area contributed by atoms with Crippen LogP contribution >= 0.6 is 15.9 Å². The van der Waals surface area contributed by atoms with E-state index in [0.29, 0.717) is 10.2 Å². The Morgan fingerprint density at radius 2 is 2.11 bits per heavy atom. The van der Waals surface area contributed by atoms with Crippen LogP contribution in [-0.4, -0.2) is 39.5 Å². The summed E-state index contributed by atoms with van der Waals surface area (Å²) >= 11 is 3.28. The van der Waals surface area contributed by atoms with Crippen LogP contribution in [0.1, 0.15) is 6.92 Å². The van der Waals surface area contributed by atoms with Gasteiger partial charge in [0.2, 0.25) is 10.0 Å². The molecule has 1 rings (SSSR count). The molecule has 102 valence electrons. The van der Waals surface area contributed by atoms with Gasteiger partial charge in [-0.3, -0.25) is 0 Å². The summed E-state index contributed by atoms with van der Waals surface area (Å²) in [5.41, 5.74) is 5.49. The van der Waals surface area contributed by atoms with Crippen LogP contribution in [0, 0.1) is 0 Å². The zero-order chi connectivity index (χ0) is 13.9. The van der Waals surface area contributed by atoms with Gasteiger partial charge < -0.3 is 10.5 Å². The number of hydrogen-bond acceptors (Lipinski definition) is 4. The minimum absolute atomic E-state index is 0.186. The molecule has 0 heterocycles. The Bertz CT molecular complexity index is 519. The third-order valence-corrected chi connectivity index (χ3v) is 5.38. The molecule has 0 bridgehead atoms. The third-order valence-electron chi connectivity index (χ3n) is 2.76. The molecule has 0 saturated carbocycles. The number of sulfonamides is 1. The van der Waals surface area contributed by atoms with Gasteiger partial charge in [0.15, 0.2) is 0 Å². The minimum Gasteiger partial charge on any atom is -0.496 e. The average molecular weight is 337 g/mol. The maximum Gasteiger partial charge on any atom is 0.243 e. The van der Waals surface area contributed by atoms with E-state index in [4.69, 9.17) is 10.5 Å². The number of likely N-dealkylation sites (N-methyl/N-ethyl adjacent to an activating group) is 1. The fourth-order valence-corrected chi connectivity index (χ4v) is 3.15. The molecule has 0 aliphatic heterocycles. The summed E-state index contributed by atoms with van der Waals surface area (Å²) in [4.78, 5) is 0.186. The Balaban J connectivity index is 3.20. The van der Waals surface area contributed by atoms with E-state index in [-0.39, 0.29) is 17.5 Å². The van der Waals surface area contributed by atoms with Crippen molar-refractivity contribution in [3.63, 3.8) is 0 Å². The molecule has 1 unspecified atom stereocenters. The van der Waals surface area contributed by atoms with Crippen LogP contribution in [0.25, 0.3) is 0 Å². The Labute approximate surface area is 116 Å². The normalized spacial score (nSPS) is 13.7. The second-order valence-electron chi connectivity index (χ2n) is 3.90. The minimum atomic E-state index is -3.55. The molecule has 18 heavy (non-hydrogen) atoms. The van der Waals surface area contributed by atoms with Gasteiger partial charge in [-0.25, -0.2) is 8.42 Å². The molecule has 0 fully saturated rings. The summed E-state index contributed by atoms with van der Waals surface area (Å²) in [6, 6.07) is 4.40. The zero-order valence-electron chi connectivity index (χ0n) is 10.6. The molecular formula is C11H17BrN2O3S. The lowest BCUT2D eigenvalue weighted by atomic mass is 10.3. The van der Waals surface area contributed by atoms with Crippen molar-refractivity contribution in [1.29, 1.82) is 0 Å². The number of nitrogens with zero attached hydrogens (tertiary/aromatic N) is 1. The van der Waals surface area contributed by atoms with Crippen LogP contribution in [0.3, 0.4) is 0 Å². The van der Waals surface area contributed by atoms with Gasteiger partial charge in [0, 0.05) is 25.7 Å². The summed E-state index contributed by atoms with van der Waals surface area (Å²) in [7, 11) is -0.543. The van der Waals surface area contributed by atoms with Crippen molar-refractivity contribution >= 4 is 26.0 Å². The first-order chi connectivity index (χ1) is 8.34. The molecule has 0 aromatic heterocycles. The maximum absolute atomic E-state index is 12.3. The SMILES string of the molecule is COc1cc(S(=O)(=O)N(C)C(C)CN)ccc1Br. The number of rotatable bonds is 5. The molecular weight excluding hydrogens is 320 g/mol. The van der Waals surface area contributed by atoms with E-state index in [0.717, 1.165) is 0 Å². The monoisotopic (exact) mass is 336 g/mol. The average Bonchev–Trinajstić information content (AvgIpc) is 2.37. The van der Waals surface area contributed by atoms with E-state index in [1.165, 1.54) is 30.6 Å². The number of hydrogen-bond donors (Lipinski definition) is 1. The molecule has 0 aliphatic rings. The molecule has 0 saturated heterocycles. The predicted molar refractivity (Wildman–Crippen MR) is 74.2 cm³/mol. The van der Waals surface area contributed by atoms with Gasteiger partial charge in [0.1, 0.15) is 5.75 Å².